The molecule has 2 heterocycles. The minimum Gasteiger partial charge on any atom is -0.364 e. The summed E-state index contributed by atoms with van der Waals surface area (Å²) < 4.78 is 0. The van der Waals surface area contributed by atoms with Gasteiger partial charge in [-0.1, -0.05) is 48.5 Å². The van der Waals surface area contributed by atoms with Crippen LogP contribution in [0.2, 0.25) is 0 Å². The van der Waals surface area contributed by atoms with Gasteiger partial charge in [-0.15, -0.1) is 0 Å². The summed E-state index contributed by atoms with van der Waals surface area (Å²) in [5, 5.41) is 11.9. The first-order valence-electron chi connectivity index (χ1n) is 8.80. The van der Waals surface area contributed by atoms with Gasteiger partial charge in [0.15, 0.2) is 5.82 Å². The lowest BCUT2D eigenvalue weighted by atomic mass is 10.0. The fourth-order valence-electron chi connectivity index (χ4n) is 3.58. The van der Waals surface area contributed by atoms with E-state index in [0.29, 0.717) is 11.4 Å². The topological polar surface area (TPSA) is 61.0 Å². The Labute approximate surface area is 146 Å². The zero-order valence-electron chi connectivity index (χ0n) is 14.1. The van der Waals surface area contributed by atoms with Crippen molar-refractivity contribution in [3.05, 3.63) is 70.5 Å². The van der Waals surface area contributed by atoms with Gasteiger partial charge in [0.2, 0.25) is 0 Å². The van der Waals surface area contributed by atoms with E-state index >= 15 is 0 Å². The van der Waals surface area contributed by atoms with Crippen LogP contribution in [0.1, 0.15) is 18.4 Å². The van der Waals surface area contributed by atoms with Gasteiger partial charge in [-0.05, 0) is 31.0 Å². The first-order chi connectivity index (χ1) is 12.3. The van der Waals surface area contributed by atoms with Crippen LogP contribution in [-0.2, 0) is 6.54 Å². The van der Waals surface area contributed by atoms with Crippen LogP contribution in [0.15, 0.2) is 59.4 Å². The second-order valence-corrected chi connectivity index (χ2v) is 6.65. The molecule has 1 aliphatic rings. The zero-order chi connectivity index (χ0) is 17.1. The van der Waals surface area contributed by atoms with Crippen molar-refractivity contribution in [2.75, 3.05) is 18.4 Å². The van der Waals surface area contributed by atoms with E-state index in [-0.39, 0.29) is 5.56 Å². The molecule has 5 heteroatoms. The Bertz CT molecular complexity index is 906. The first-order valence-corrected chi connectivity index (χ1v) is 8.80. The number of fused-ring (bicyclic) bond motifs is 1. The van der Waals surface area contributed by atoms with Crippen LogP contribution in [0, 0.1) is 0 Å². The quantitative estimate of drug-likeness (QED) is 0.770. The van der Waals surface area contributed by atoms with Gasteiger partial charge in [0.05, 0.1) is 5.39 Å². The standard InChI is InChI=1S/C20H22N4O/c25-20-18-11-5-4-10-17(18)19(22-23-20)21-16-9-6-12-24(14-16)13-15-7-2-1-3-8-15/h1-5,7-8,10-11,16H,6,9,12-14H2,(H,21,22)(H,23,25). The predicted octanol–water partition coefficient (Wildman–Crippen LogP) is 3.00. The maximum Gasteiger partial charge on any atom is 0.272 e. The van der Waals surface area contributed by atoms with Gasteiger partial charge in [0.25, 0.3) is 5.56 Å². The molecule has 4 rings (SSSR count). The number of aromatic amines is 1. The highest BCUT2D eigenvalue weighted by Gasteiger charge is 2.21. The van der Waals surface area contributed by atoms with Crippen LogP contribution >= 0.6 is 0 Å². The summed E-state index contributed by atoms with van der Waals surface area (Å²) in [4.78, 5) is 14.4. The maximum atomic E-state index is 11.9. The highest BCUT2D eigenvalue weighted by Crippen LogP contribution is 2.21. The molecule has 2 N–H and O–H groups in total. The van der Waals surface area contributed by atoms with E-state index in [2.05, 4.69) is 50.7 Å². The highest BCUT2D eigenvalue weighted by molar-refractivity contribution is 5.90. The van der Waals surface area contributed by atoms with E-state index in [4.69, 9.17) is 0 Å². The van der Waals surface area contributed by atoms with E-state index < -0.39 is 0 Å². The molecule has 128 valence electrons. The molecule has 5 nitrogen and oxygen atoms in total. The van der Waals surface area contributed by atoms with Gasteiger partial charge in [0, 0.05) is 24.5 Å². The number of H-pyrrole nitrogens is 1. The van der Waals surface area contributed by atoms with Crippen molar-refractivity contribution in [3.63, 3.8) is 0 Å². The van der Waals surface area contributed by atoms with Gasteiger partial charge in [0.1, 0.15) is 0 Å². The Morgan fingerprint density at radius 1 is 1.08 bits per heavy atom. The molecule has 1 saturated heterocycles. The van der Waals surface area contributed by atoms with Gasteiger partial charge >= 0.3 is 0 Å². The highest BCUT2D eigenvalue weighted by atomic mass is 16.1. The molecular formula is C20H22N4O. The van der Waals surface area contributed by atoms with E-state index in [9.17, 15) is 4.79 Å². The summed E-state index contributed by atoms with van der Waals surface area (Å²) >= 11 is 0. The van der Waals surface area contributed by atoms with Crippen LogP contribution in [-0.4, -0.2) is 34.2 Å². The minimum atomic E-state index is -0.143. The fourth-order valence-corrected chi connectivity index (χ4v) is 3.58. The summed E-state index contributed by atoms with van der Waals surface area (Å²) in [6.45, 7) is 3.07. The zero-order valence-corrected chi connectivity index (χ0v) is 14.1. The smallest absolute Gasteiger partial charge is 0.272 e. The first kappa shape index (κ1) is 15.8. The minimum absolute atomic E-state index is 0.143. The van der Waals surface area contributed by atoms with Crippen molar-refractivity contribution in [1.29, 1.82) is 0 Å². The molecule has 1 fully saturated rings. The molecule has 0 bridgehead atoms. The lowest BCUT2D eigenvalue weighted by molar-refractivity contribution is 0.208. The van der Waals surface area contributed by atoms with Gasteiger partial charge < -0.3 is 5.32 Å². The second kappa shape index (κ2) is 7.07. The van der Waals surface area contributed by atoms with E-state index in [1.807, 2.05) is 24.3 Å². The van der Waals surface area contributed by atoms with Gasteiger partial charge in [-0.3, -0.25) is 9.69 Å². The monoisotopic (exact) mass is 334 g/mol. The third-order valence-corrected chi connectivity index (χ3v) is 4.79. The number of piperidine rings is 1. The molecule has 0 saturated carbocycles. The van der Waals surface area contributed by atoms with E-state index in [1.54, 1.807) is 0 Å². The molecule has 0 spiro atoms. The average molecular weight is 334 g/mol. The van der Waals surface area contributed by atoms with Crippen molar-refractivity contribution in [1.82, 2.24) is 15.1 Å². The van der Waals surface area contributed by atoms with Crippen LogP contribution in [0.5, 0.6) is 0 Å². The largest absolute Gasteiger partial charge is 0.364 e. The molecule has 3 aromatic rings. The molecule has 1 atom stereocenters. The number of hydrogen-bond acceptors (Lipinski definition) is 4. The summed E-state index contributed by atoms with van der Waals surface area (Å²) in [5.41, 5.74) is 1.20. The Hall–Kier alpha value is -2.66. The van der Waals surface area contributed by atoms with Crippen molar-refractivity contribution in [3.8, 4) is 0 Å². The lowest BCUT2D eigenvalue weighted by Crippen LogP contribution is -2.41. The summed E-state index contributed by atoms with van der Waals surface area (Å²) in [5.74, 6) is 0.766. The van der Waals surface area contributed by atoms with Gasteiger partial charge in [-0.2, -0.15) is 5.10 Å². The molecule has 0 aliphatic carbocycles. The summed E-state index contributed by atoms with van der Waals surface area (Å²) in [6, 6.07) is 18.5. The SMILES string of the molecule is O=c1[nH]nc(NC2CCCN(Cc3ccccc3)C2)c2ccccc12. The predicted molar refractivity (Wildman–Crippen MR) is 101 cm³/mol. The second-order valence-electron chi connectivity index (χ2n) is 6.65. The molecule has 1 unspecified atom stereocenters. The number of nitrogens with one attached hydrogen (secondary N) is 2. The van der Waals surface area contributed by atoms with Crippen LogP contribution in [0.3, 0.4) is 0 Å². The molecule has 0 amide bonds. The average Bonchev–Trinajstić information content (AvgIpc) is 2.65. The number of rotatable bonds is 4. The Balaban J connectivity index is 1.49. The normalized spacial score (nSPS) is 18.3. The van der Waals surface area contributed by atoms with Crippen molar-refractivity contribution < 1.29 is 0 Å². The number of benzene rings is 2. The van der Waals surface area contributed by atoms with Crippen molar-refractivity contribution >= 4 is 16.6 Å². The number of likely N-dealkylation sites (tertiary alicyclic amines) is 1. The van der Waals surface area contributed by atoms with Gasteiger partial charge in [-0.25, -0.2) is 5.10 Å². The molecule has 2 aromatic carbocycles. The molecule has 0 radical (unpaired) electrons. The van der Waals surface area contributed by atoms with E-state index in [0.717, 1.165) is 43.7 Å². The number of hydrogen-bond donors (Lipinski definition) is 2. The number of aromatic nitrogens is 2. The van der Waals surface area contributed by atoms with Crippen molar-refractivity contribution in [2.45, 2.75) is 25.4 Å². The Kier molecular flexibility index (Phi) is 4.48. The van der Waals surface area contributed by atoms with Crippen LogP contribution in [0.4, 0.5) is 5.82 Å². The van der Waals surface area contributed by atoms with Crippen LogP contribution < -0.4 is 10.9 Å². The maximum absolute atomic E-state index is 11.9. The van der Waals surface area contributed by atoms with Crippen molar-refractivity contribution in [2.24, 2.45) is 0 Å². The lowest BCUT2D eigenvalue weighted by Gasteiger charge is -2.33. The third-order valence-electron chi connectivity index (χ3n) is 4.79. The summed E-state index contributed by atoms with van der Waals surface area (Å²) in [6.07, 6.45) is 2.27. The summed E-state index contributed by atoms with van der Waals surface area (Å²) in [7, 11) is 0. The van der Waals surface area contributed by atoms with E-state index in [1.165, 1.54) is 5.56 Å². The van der Waals surface area contributed by atoms with Crippen LogP contribution in [0.25, 0.3) is 10.8 Å². The molecule has 25 heavy (non-hydrogen) atoms. The fraction of sp³-hybridized carbons (Fsp3) is 0.300. The molecule has 1 aliphatic heterocycles. The molecular weight excluding hydrogens is 312 g/mol. The Morgan fingerprint density at radius 2 is 1.84 bits per heavy atom. The third kappa shape index (κ3) is 3.56. The number of anilines is 1. The molecule has 1 aromatic heterocycles. The number of nitrogens with zero attached hydrogens (tertiary/aromatic N) is 2. The Morgan fingerprint density at radius 3 is 2.68 bits per heavy atom.